The number of hydrogen-bond donors (Lipinski definition) is 1. The zero-order valence-corrected chi connectivity index (χ0v) is 7.75. The second kappa shape index (κ2) is 3.90. The van der Waals surface area contributed by atoms with E-state index in [-0.39, 0.29) is 17.9 Å². The fourth-order valence-electron chi connectivity index (χ4n) is 2.08. The Morgan fingerprint density at radius 3 is 2.75 bits per heavy atom. The van der Waals surface area contributed by atoms with Gasteiger partial charge in [0.05, 0.1) is 13.0 Å². The number of carbonyl (C=O) groups excluding carboxylic acids is 1. The zero-order valence-electron chi connectivity index (χ0n) is 7.75. The molecule has 0 aromatic heterocycles. The third-order valence-electron chi connectivity index (χ3n) is 2.84. The van der Waals surface area contributed by atoms with Gasteiger partial charge in [-0.15, -0.1) is 0 Å². The summed E-state index contributed by atoms with van der Waals surface area (Å²) >= 11 is 0. The van der Waals surface area contributed by atoms with Gasteiger partial charge in [-0.2, -0.15) is 0 Å². The molecule has 3 nitrogen and oxygen atoms in total. The first-order valence-electron chi connectivity index (χ1n) is 4.54. The van der Waals surface area contributed by atoms with Gasteiger partial charge in [0.2, 0.25) is 0 Å². The van der Waals surface area contributed by atoms with E-state index in [9.17, 15) is 4.79 Å². The summed E-state index contributed by atoms with van der Waals surface area (Å²) in [6.07, 6.45) is 3.04. The largest absolute Gasteiger partial charge is 0.469 e. The van der Waals surface area contributed by atoms with E-state index in [1.54, 1.807) is 0 Å². The molecular weight excluding hydrogens is 154 g/mol. The van der Waals surface area contributed by atoms with Gasteiger partial charge in [0, 0.05) is 6.04 Å². The Bertz CT molecular complexity index is 170. The summed E-state index contributed by atoms with van der Waals surface area (Å²) in [5.74, 6) is 0.249. The van der Waals surface area contributed by atoms with Crippen LogP contribution in [0.5, 0.6) is 0 Å². The fourth-order valence-corrected chi connectivity index (χ4v) is 2.08. The summed E-state index contributed by atoms with van der Waals surface area (Å²) in [4.78, 5) is 11.3. The van der Waals surface area contributed by atoms with E-state index in [1.807, 2.05) is 0 Å². The monoisotopic (exact) mass is 171 g/mol. The maximum Gasteiger partial charge on any atom is 0.310 e. The summed E-state index contributed by atoms with van der Waals surface area (Å²) in [6, 6.07) is 0.0161. The van der Waals surface area contributed by atoms with E-state index in [2.05, 4.69) is 6.92 Å². The first-order chi connectivity index (χ1) is 5.70. The highest BCUT2D eigenvalue weighted by Crippen LogP contribution is 2.33. The first kappa shape index (κ1) is 9.52. The van der Waals surface area contributed by atoms with Crippen molar-refractivity contribution in [3.8, 4) is 0 Å². The van der Waals surface area contributed by atoms with Gasteiger partial charge >= 0.3 is 5.97 Å². The van der Waals surface area contributed by atoms with Crippen LogP contribution >= 0.6 is 0 Å². The van der Waals surface area contributed by atoms with Crippen LogP contribution in [-0.4, -0.2) is 19.1 Å². The predicted octanol–water partition coefficient (Wildman–Crippen LogP) is 0.923. The smallest absolute Gasteiger partial charge is 0.310 e. The van der Waals surface area contributed by atoms with Crippen LogP contribution in [0.25, 0.3) is 0 Å². The standard InChI is InChI=1S/C9H17NO2/c1-3-6-4-5-7(10)8(6)9(11)12-2/h6-8H,3-5,10H2,1-2H3/t6-,7-,8-/m0/s1. The Kier molecular flexibility index (Phi) is 3.09. The maximum absolute atomic E-state index is 11.3. The fraction of sp³-hybridized carbons (Fsp3) is 0.889. The van der Waals surface area contributed by atoms with Crippen molar-refractivity contribution in [2.24, 2.45) is 17.6 Å². The van der Waals surface area contributed by atoms with E-state index in [1.165, 1.54) is 7.11 Å². The summed E-state index contributed by atoms with van der Waals surface area (Å²) in [5, 5.41) is 0. The van der Waals surface area contributed by atoms with E-state index in [4.69, 9.17) is 10.5 Å². The second-order valence-electron chi connectivity index (χ2n) is 3.46. The van der Waals surface area contributed by atoms with Crippen molar-refractivity contribution in [1.82, 2.24) is 0 Å². The molecule has 1 aliphatic rings. The lowest BCUT2D eigenvalue weighted by Gasteiger charge is -2.18. The molecule has 0 bridgehead atoms. The van der Waals surface area contributed by atoms with E-state index in [0.717, 1.165) is 19.3 Å². The highest BCUT2D eigenvalue weighted by atomic mass is 16.5. The molecule has 3 heteroatoms. The molecule has 0 aromatic carbocycles. The predicted molar refractivity (Wildman–Crippen MR) is 46.5 cm³/mol. The Hall–Kier alpha value is -0.570. The van der Waals surface area contributed by atoms with Gasteiger partial charge in [0.1, 0.15) is 0 Å². The molecule has 0 amide bonds. The Morgan fingerprint density at radius 2 is 2.25 bits per heavy atom. The molecule has 0 aromatic rings. The highest BCUT2D eigenvalue weighted by Gasteiger charge is 2.38. The average Bonchev–Trinajstić information content (AvgIpc) is 2.45. The Morgan fingerprint density at radius 1 is 1.58 bits per heavy atom. The van der Waals surface area contributed by atoms with Crippen LogP contribution in [0.3, 0.4) is 0 Å². The number of ether oxygens (including phenoxy) is 1. The van der Waals surface area contributed by atoms with Crippen molar-refractivity contribution >= 4 is 5.97 Å². The Labute approximate surface area is 73.3 Å². The zero-order chi connectivity index (χ0) is 9.14. The molecule has 1 fully saturated rings. The molecule has 0 radical (unpaired) electrons. The minimum absolute atomic E-state index is 0.0161. The molecule has 2 N–H and O–H groups in total. The highest BCUT2D eigenvalue weighted by molar-refractivity contribution is 5.73. The van der Waals surface area contributed by atoms with Crippen LogP contribution in [0.2, 0.25) is 0 Å². The lowest BCUT2D eigenvalue weighted by Crippen LogP contribution is -2.34. The topological polar surface area (TPSA) is 52.3 Å². The van der Waals surface area contributed by atoms with Crippen molar-refractivity contribution in [2.45, 2.75) is 32.2 Å². The lowest BCUT2D eigenvalue weighted by atomic mass is 9.92. The summed E-state index contributed by atoms with van der Waals surface area (Å²) in [5.41, 5.74) is 5.82. The molecule has 12 heavy (non-hydrogen) atoms. The van der Waals surface area contributed by atoms with Crippen LogP contribution in [0.15, 0.2) is 0 Å². The number of esters is 1. The SMILES string of the molecule is CC[C@H]1CC[C@H](N)[C@H]1C(=O)OC. The molecule has 3 atom stereocenters. The number of carbonyl (C=O) groups is 1. The molecule has 1 rings (SSSR count). The Balaban J connectivity index is 2.63. The van der Waals surface area contributed by atoms with Crippen molar-refractivity contribution in [3.05, 3.63) is 0 Å². The summed E-state index contributed by atoms with van der Waals surface area (Å²) < 4.78 is 4.72. The molecule has 1 aliphatic carbocycles. The third-order valence-corrected chi connectivity index (χ3v) is 2.84. The quantitative estimate of drug-likeness (QED) is 0.629. The maximum atomic E-state index is 11.3. The van der Waals surface area contributed by atoms with Crippen LogP contribution in [0.4, 0.5) is 0 Å². The molecule has 1 saturated carbocycles. The summed E-state index contributed by atoms with van der Waals surface area (Å²) in [7, 11) is 1.43. The first-order valence-corrected chi connectivity index (χ1v) is 4.54. The normalized spacial score (nSPS) is 35.1. The molecule has 0 unspecified atom stereocenters. The van der Waals surface area contributed by atoms with Crippen molar-refractivity contribution < 1.29 is 9.53 Å². The van der Waals surface area contributed by atoms with Gasteiger partial charge in [-0.05, 0) is 18.8 Å². The number of methoxy groups -OCH3 is 1. The third kappa shape index (κ3) is 1.61. The van der Waals surface area contributed by atoms with Crippen molar-refractivity contribution in [3.63, 3.8) is 0 Å². The minimum Gasteiger partial charge on any atom is -0.469 e. The second-order valence-corrected chi connectivity index (χ2v) is 3.46. The van der Waals surface area contributed by atoms with Crippen LogP contribution in [-0.2, 0) is 9.53 Å². The lowest BCUT2D eigenvalue weighted by molar-refractivity contribution is -0.147. The van der Waals surface area contributed by atoms with Gasteiger partial charge in [-0.25, -0.2) is 0 Å². The number of hydrogen-bond acceptors (Lipinski definition) is 3. The van der Waals surface area contributed by atoms with Crippen LogP contribution in [0, 0.1) is 11.8 Å². The van der Waals surface area contributed by atoms with Gasteiger partial charge in [-0.3, -0.25) is 4.79 Å². The summed E-state index contributed by atoms with van der Waals surface area (Å²) in [6.45, 7) is 2.10. The van der Waals surface area contributed by atoms with Gasteiger partial charge < -0.3 is 10.5 Å². The van der Waals surface area contributed by atoms with Gasteiger partial charge in [0.25, 0.3) is 0 Å². The molecule has 0 spiro atoms. The van der Waals surface area contributed by atoms with Crippen LogP contribution < -0.4 is 5.73 Å². The number of nitrogens with two attached hydrogens (primary N) is 1. The van der Waals surface area contributed by atoms with Gasteiger partial charge in [-0.1, -0.05) is 13.3 Å². The minimum atomic E-state index is -0.133. The number of rotatable bonds is 2. The van der Waals surface area contributed by atoms with E-state index >= 15 is 0 Å². The molecular formula is C9H17NO2. The van der Waals surface area contributed by atoms with E-state index < -0.39 is 0 Å². The molecule has 0 saturated heterocycles. The van der Waals surface area contributed by atoms with Gasteiger partial charge in [0.15, 0.2) is 0 Å². The van der Waals surface area contributed by atoms with Crippen molar-refractivity contribution in [1.29, 1.82) is 0 Å². The average molecular weight is 171 g/mol. The van der Waals surface area contributed by atoms with Crippen LogP contribution in [0.1, 0.15) is 26.2 Å². The molecule has 70 valence electrons. The molecule has 0 heterocycles. The van der Waals surface area contributed by atoms with E-state index in [0.29, 0.717) is 5.92 Å². The van der Waals surface area contributed by atoms with Crippen molar-refractivity contribution in [2.75, 3.05) is 7.11 Å². The molecule has 0 aliphatic heterocycles.